The van der Waals surface area contributed by atoms with Crippen molar-refractivity contribution in [1.82, 2.24) is 25.4 Å². The molecule has 0 amide bonds. The Morgan fingerprint density at radius 1 is 1.23 bits per heavy atom. The van der Waals surface area contributed by atoms with Crippen LogP contribution >= 0.6 is 0 Å². The van der Waals surface area contributed by atoms with Crippen molar-refractivity contribution in [2.24, 2.45) is 4.99 Å². The molecule has 0 bridgehead atoms. The number of nitrogens with zero attached hydrogens (tertiary/aromatic N) is 4. The van der Waals surface area contributed by atoms with Crippen LogP contribution in [0.4, 0.5) is 0 Å². The van der Waals surface area contributed by atoms with Crippen molar-refractivity contribution < 1.29 is 4.74 Å². The number of nitrogens with one attached hydrogen (secondary N) is 2. The first-order valence-corrected chi connectivity index (χ1v) is 9.30. The van der Waals surface area contributed by atoms with Gasteiger partial charge in [0.15, 0.2) is 11.8 Å². The largest absolute Gasteiger partial charge is 0.374 e. The van der Waals surface area contributed by atoms with Crippen LogP contribution in [-0.2, 0) is 17.8 Å². The van der Waals surface area contributed by atoms with Crippen LogP contribution in [-0.4, -0.2) is 40.4 Å². The van der Waals surface area contributed by atoms with E-state index in [-0.39, 0.29) is 6.10 Å². The highest BCUT2D eigenvalue weighted by atomic mass is 16.5. The maximum atomic E-state index is 5.90. The lowest BCUT2D eigenvalue weighted by molar-refractivity contribution is 0.0646. The number of hydrogen-bond acceptors (Lipinski definition) is 4. The molecule has 0 radical (unpaired) electrons. The minimum Gasteiger partial charge on any atom is -0.374 e. The number of hydrogen-bond donors (Lipinski definition) is 2. The summed E-state index contributed by atoms with van der Waals surface area (Å²) in [5.41, 5.74) is 1.20. The maximum Gasteiger partial charge on any atom is 0.191 e. The molecule has 0 aliphatic rings. The van der Waals surface area contributed by atoms with Gasteiger partial charge < -0.3 is 19.9 Å². The highest BCUT2D eigenvalue weighted by molar-refractivity contribution is 5.79. The molecule has 26 heavy (non-hydrogen) atoms. The Labute approximate surface area is 155 Å². The van der Waals surface area contributed by atoms with Crippen LogP contribution in [0.5, 0.6) is 0 Å². The van der Waals surface area contributed by atoms with Gasteiger partial charge in [-0.15, -0.1) is 10.2 Å². The minimum atomic E-state index is 0.110. The van der Waals surface area contributed by atoms with Crippen LogP contribution in [0.25, 0.3) is 0 Å². The van der Waals surface area contributed by atoms with Crippen molar-refractivity contribution in [3.8, 4) is 0 Å². The molecule has 0 fully saturated rings. The van der Waals surface area contributed by atoms with Crippen LogP contribution in [0.1, 0.15) is 44.7 Å². The quantitative estimate of drug-likeness (QED) is 0.388. The molecule has 0 aliphatic carbocycles. The average molecular weight is 358 g/mol. The summed E-state index contributed by atoms with van der Waals surface area (Å²) in [5.74, 6) is 1.65. The summed E-state index contributed by atoms with van der Waals surface area (Å²) in [4.78, 5) is 4.58. The zero-order chi connectivity index (χ0) is 18.6. The molecule has 1 aromatic carbocycles. The third kappa shape index (κ3) is 6.48. The Morgan fingerprint density at radius 2 is 2.04 bits per heavy atom. The Morgan fingerprint density at radius 3 is 2.77 bits per heavy atom. The van der Waals surface area contributed by atoms with Gasteiger partial charge in [-0.3, -0.25) is 0 Å². The molecule has 0 aliphatic heterocycles. The van der Waals surface area contributed by atoms with Crippen molar-refractivity contribution in [1.29, 1.82) is 0 Å². The number of guanidine groups is 1. The zero-order valence-electron chi connectivity index (χ0n) is 16.0. The lowest BCUT2D eigenvalue weighted by Gasteiger charge is -2.14. The fraction of sp³-hybridized carbons (Fsp3) is 0.526. The van der Waals surface area contributed by atoms with Crippen LogP contribution in [0.15, 0.2) is 41.7 Å². The van der Waals surface area contributed by atoms with E-state index in [9.17, 15) is 0 Å². The molecule has 0 saturated carbocycles. The van der Waals surface area contributed by atoms with Gasteiger partial charge in [-0.25, -0.2) is 4.99 Å². The van der Waals surface area contributed by atoms with E-state index in [2.05, 4.69) is 58.7 Å². The Balaban J connectivity index is 1.71. The van der Waals surface area contributed by atoms with Crippen LogP contribution in [0.3, 0.4) is 0 Å². The van der Waals surface area contributed by atoms with Gasteiger partial charge in [-0.1, -0.05) is 30.3 Å². The van der Waals surface area contributed by atoms with Gasteiger partial charge in [-0.2, -0.15) is 0 Å². The molecule has 2 N–H and O–H groups in total. The van der Waals surface area contributed by atoms with Gasteiger partial charge >= 0.3 is 0 Å². The van der Waals surface area contributed by atoms with Crippen molar-refractivity contribution in [2.75, 3.05) is 19.7 Å². The van der Waals surface area contributed by atoms with Crippen molar-refractivity contribution >= 4 is 5.96 Å². The second-order valence-corrected chi connectivity index (χ2v) is 5.93. The number of ether oxygens (including phenoxy) is 1. The van der Waals surface area contributed by atoms with E-state index in [1.807, 2.05) is 22.8 Å². The Kier molecular flexibility index (Phi) is 8.62. The van der Waals surface area contributed by atoms with Crippen molar-refractivity contribution in [2.45, 2.75) is 46.4 Å². The number of rotatable bonds is 10. The van der Waals surface area contributed by atoms with Gasteiger partial charge in [0, 0.05) is 26.2 Å². The van der Waals surface area contributed by atoms with Crippen LogP contribution in [0, 0.1) is 0 Å². The summed E-state index contributed by atoms with van der Waals surface area (Å²) in [7, 11) is 0. The molecule has 142 valence electrons. The molecular formula is C19H30N6O. The molecule has 2 rings (SSSR count). The highest BCUT2D eigenvalue weighted by Gasteiger charge is 2.05. The standard InChI is InChI=1S/C19H30N6O/c1-4-20-19(22-14-18-24-23-15-25(18)5-2)21-12-9-13-26-16(3)17-10-7-6-8-11-17/h6-8,10-11,15-16H,4-5,9,12-14H2,1-3H3,(H2,20,21,22). The third-order valence-electron chi connectivity index (χ3n) is 4.01. The molecule has 1 atom stereocenters. The van der Waals surface area contributed by atoms with Crippen LogP contribution in [0.2, 0.25) is 0 Å². The maximum absolute atomic E-state index is 5.90. The van der Waals surface area contributed by atoms with E-state index in [4.69, 9.17) is 4.74 Å². The molecular weight excluding hydrogens is 328 g/mol. The summed E-state index contributed by atoms with van der Waals surface area (Å²) in [6, 6.07) is 10.3. The monoisotopic (exact) mass is 358 g/mol. The molecule has 0 spiro atoms. The van der Waals surface area contributed by atoms with Crippen LogP contribution < -0.4 is 10.6 Å². The molecule has 1 aromatic heterocycles. The summed E-state index contributed by atoms with van der Waals surface area (Å²) in [6.07, 6.45) is 2.75. The number of benzene rings is 1. The Hall–Kier alpha value is -2.41. The van der Waals surface area contributed by atoms with Gasteiger partial charge in [0.1, 0.15) is 12.9 Å². The number of aliphatic imine (C=N–C) groups is 1. The summed E-state index contributed by atoms with van der Waals surface area (Å²) in [6.45, 7) is 9.86. The van der Waals surface area contributed by atoms with E-state index in [1.54, 1.807) is 6.33 Å². The SMILES string of the molecule is CCNC(=NCc1nncn1CC)NCCCOC(C)c1ccccc1. The first-order valence-electron chi connectivity index (χ1n) is 9.30. The van der Waals surface area contributed by atoms with Gasteiger partial charge in [0.25, 0.3) is 0 Å². The Bertz CT molecular complexity index is 655. The summed E-state index contributed by atoms with van der Waals surface area (Å²) in [5, 5.41) is 14.6. The number of aromatic nitrogens is 3. The number of aryl methyl sites for hydroxylation is 1. The molecule has 2 aromatic rings. The predicted octanol–water partition coefficient (Wildman–Crippen LogP) is 2.52. The zero-order valence-corrected chi connectivity index (χ0v) is 16.0. The topological polar surface area (TPSA) is 76.4 Å². The molecule has 1 heterocycles. The normalized spacial score (nSPS) is 12.8. The second kappa shape index (κ2) is 11.3. The van der Waals surface area contributed by atoms with E-state index in [1.165, 1.54) is 5.56 Å². The second-order valence-electron chi connectivity index (χ2n) is 5.93. The fourth-order valence-electron chi connectivity index (χ4n) is 2.52. The van der Waals surface area contributed by atoms with E-state index in [0.717, 1.165) is 37.8 Å². The van der Waals surface area contributed by atoms with E-state index < -0.39 is 0 Å². The molecule has 7 nitrogen and oxygen atoms in total. The van der Waals surface area contributed by atoms with Gasteiger partial charge in [-0.05, 0) is 32.8 Å². The van der Waals surface area contributed by atoms with E-state index >= 15 is 0 Å². The average Bonchev–Trinajstić information content (AvgIpc) is 3.13. The summed E-state index contributed by atoms with van der Waals surface area (Å²) < 4.78 is 7.89. The van der Waals surface area contributed by atoms with E-state index in [0.29, 0.717) is 13.2 Å². The fourth-order valence-corrected chi connectivity index (χ4v) is 2.52. The first-order chi connectivity index (χ1) is 12.7. The first kappa shape index (κ1) is 19.9. The molecule has 0 saturated heterocycles. The minimum absolute atomic E-state index is 0.110. The lowest BCUT2D eigenvalue weighted by Crippen LogP contribution is -2.38. The molecule has 7 heteroatoms. The molecule has 1 unspecified atom stereocenters. The van der Waals surface area contributed by atoms with Crippen molar-refractivity contribution in [3.63, 3.8) is 0 Å². The van der Waals surface area contributed by atoms with Gasteiger partial charge in [0.2, 0.25) is 0 Å². The third-order valence-corrected chi connectivity index (χ3v) is 4.01. The van der Waals surface area contributed by atoms with Crippen molar-refractivity contribution in [3.05, 3.63) is 48.0 Å². The predicted molar refractivity (Wildman–Crippen MR) is 104 cm³/mol. The van der Waals surface area contributed by atoms with Gasteiger partial charge in [0.05, 0.1) is 6.10 Å². The summed E-state index contributed by atoms with van der Waals surface area (Å²) >= 11 is 0. The smallest absolute Gasteiger partial charge is 0.191 e. The lowest BCUT2D eigenvalue weighted by atomic mass is 10.1. The highest BCUT2D eigenvalue weighted by Crippen LogP contribution is 2.15.